The van der Waals surface area contributed by atoms with Crippen LogP contribution in [0.25, 0.3) is 0 Å². The Bertz CT molecular complexity index is 461. The second-order valence-corrected chi connectivity index (χ2v) is 6.35. The minimum Gasteiger partial charge on any atom is -0.377 e. The molecule has 0 bridgehead atoms. The van der Waals surface area contributed by atoms with Crippen LogP contribution in [0.4, 0.5) is 0 Å². The van der Waals surface area contributed by atoms with Crippen LogP contribution in [0.5, 0.6) is 0 Å². The van der Waals surface area contributed by atoms with Crippen LogP contribution in [0.2, 0.25) is 0 Å². The summed E-state index contributed by atoms with van der Waals surface area (Å²) in [5, 5.41) is 3.47. The molecule has 0 saturated carbocycles. The van der Waals surface area contributed by atoms with Crippen molar-refractivity contribution in [2.24, 2.45) is 0 Å². The number of rotatable bonds is 5. The maximum atomic E-state index is 5.96. The number of nitrogens with one attached hydrogen (secondary N) is 1. The average Bonchev–Trinajstić information content (AvgIpc) is 2.54. The minimum absolute atomic E-state index is 0.444. The molecule has 3 rings (SSSR count). The zero-order valence-corrected chi connectivity index (χ0v) is 13.2. The maximum absolute atomic E-state index is 5.96. The second kappa shape index (κ2) is 7.39. The predicted octanol–water partition coefficient (Wildman–Crippen LogP) is 2.72. The summed E-state index contributed by atoms with van der Waals surface area (Å²) >= 11 is 0. The van der Waals surface area contributed by atoms with E-state index in [-0.39, 0.29) is 0 Å². The van der Waals surface area contributed by atoms with Crippen molar-refractivity contribution in [2.75, 3.05) is 26.2 Å². The Morgan fingerprint density at radius 1 is 1.38 bits per heavy atom. The molecule has 1 unspecified atom stereocenters. The van der Waals surface area contributed by atoms with Gasteiger partial charge in [0.25, 0.3) is 0 Å². The van der Waals surface area contributed by atoms with Crippen LogP contribution >= 0.6 is 0 Å². The lowest BCUT2D eigenvalue weighted by molar-refractivity contribution is -0.00230. The van der Waals surface area contributed by atoms with Gasteiger partial charge in [-0.2, -0.15) is 0 Å². The highest BCUT2D eigenvalue weighted by Crippen LogP contribution is 2.22. The van der Waals surface area contributed by atoms with E-state index in [4.69, 9.17) is 4.74 Å². The number of hydrogen-bond acceptors (Lipinski definition) is 3. The molecular weight excluding hydrogens is 260 g/mol. The van der Waals surface area contributed by atoms with Crippen molar-refractivity contribution in [1.29, 1.82) is 0 Å². The molecule has 0 spiro atoms. The van der Waals surface area contributed by atoms with Crippen LogP contribution in [-0.4, -0.2) is 37.2 Å². The highest BCUT2D eigenvalue weighted by molar-refractivity contribution is 5.37. The molecule has 3 heteroatoms. The van der Waals surface area contributed by atoms with E-state index in [0.29, 0.717) is 6.10 Å². The van der Waals surface area contributed by atoms with Gasteiger partial charge in [-0.05, 0) is 55.5 Å². The number of benzene rings is 1. The Labute approximate surface area is 128 Å². The lowest BCUT2D eigenvalue weighted by Gasteiger charge is -2.33. The van der Waals surface area contributed by atoms with Gasteiger partial charge in [0, 0.05) is 26.2 Å². The van der Waals surface area contributed by atoms with Gasteiger partial charge in [-0.3, -0.25) is 4.90 Å². The van der Waals surface area contributed by atoms with E-state index in [0.717, 1.165) is 39.2 Å². The molecule has 0 aliphatic carbocycles. The third kappa shape index (κ3) is 3.85. The number of hydrogen-bond donors (Lipinski definition) is 1. The van der Waals surface area contributed by atoms with Crippen LogP contribution in [0.3, 0.4) is 0 Å². The van der Waals surface area contributed by atoms with Crippen LogP contribution in [0.15, 0.2) is 18.2 Å². The molecule has 2 aliphatic rings. The number of nitrogens with zero attached hydrogens (tertiary/aromatic N) is 1. The van der Waals surface area contributed by atoms with Gasteiger partial charge in [-0.1, -0.05) is 25.1 Å². The van der Waals surface area contributed by atoms with Crippen molar-refractivity contribution < 1.29 is 4.74 Å². The first-order valence-electron chi connectivity index (χ1n) is 8.51. The molecule has 0 radical (unpaired) electrons. The fourth-order valence-corrected chi connectivity index (χ4v) is 3.58. The van der Waals surface area contributed by atoms with Crippen molar-refractivity contribution >= 4 is 0 Å². The Morgan fingerprint density at radius 3 is 3.24 bits per heavy atom. The highest BCUT2D eigenvalue weighted by atomic mass is 16.5. The van der Waals surface area contributed by atoms with Gasteiger partial charge in [0.1, 0.15) is 0 Å². The Balaban J connectivity index is 1.63. The summed E-state index contributed by atoms with van der Waals surface area (Å²) in [5.74, 6) is 0. The minimum atomic E-state index is 0.444. The molecule has 1 aromatic carbocycles. The summed E-state index contributed by atoms with van der Waals surface area (Å²) in [6.07, 6.45) is 5.24. The zero-order valence-electron chi connectivity index (χ0n) is 13.2. The third-order valence-corrected chi connectivity index (χ3v) is 4.65. The average molecular weight is 288 g/mol. The molecule has 1 saturated heterocycles. The number of ether oxygens (including phenoxy) is 1. The fraction of sp³-hybridized carbons (Fsp3) is 0.667. The predicted molar refractivity (Wildman–Crippen MR) is 86.4 cm³/mol. The summed E-state index contributed by atoms with van der Waals surface area (Å²) in [6, 6.07) is 6.81. The van der Waals surface area contributed by atoms with Crippen molar-refractivity contribution in [3.05, 3.63) is 34.9 Å². The van der Waals surface area contributed by atoms with Gasteiger partial charge >= 0.3 is 0 Å². The molecule has 2 heterocycles. The van der Waals surface area contributed by atoms with Crippen molar-refractivity contribution in [3.63, 3.8) is 0 Å². The van der Waals surface area contributed by atoms with E-state index in [1.54, 1.807) is 5.56 Å². The van der Waals surface area contributed by atoms with Crippen LogP contribution in [0.1, 0.15) is 42.9 Å². The maximum Gasteiger partial charge on any atom is 0.0702 e. The fourth-order valence-electron chi connectivity index (χ4n) is 3.58. The molecule has 116 valence electrons. The molecule has 1 fully saturated rings. The topological polar surface area (TPSA) is 24.5 Å². The number of piperidine rings is 1. The normalized spacial score (nSPS) is 23.0. The van der Waals surface area contributed by atoms with E-state index >= 15 is 0 Å². The van der Waals surface area contributed by atoms with E-state index in [9.17, 15) is 0 Å². The van der Waals surface area contributed by atoms with Crippen LogP contribution < -0.4 is 5.32 Å². The van der Waals surface area contributed by atoms with Gasteiger partial charge in [0.15, 0.2) is 0 Å². The van der Waals surface area contributed by atoms with E-state index < -0.39 is 0 Å². The molecule has 0 aromatic heterocycles. The third-order valence-electron chi connectivity index (χ3n) is 4.65. The largest absolute Gasteiger partial charge is 0.377 e. The van der Waals surface area contributed by atoms with Crippen molar-refractivity contribution in [3.8, 4) is 0 Å². The Hall–Kier alpha value is -0.900. The van der Waals surface area contributed by atoms with Gasteiger partial charge in [0.2, 0.25) is 0 Å². The summed E-state index contributed by atoms with van der Waals surface area (Å²) in [7, 11) is 0. The second-order valence-electron chi connectivity index (χ2n) is 6.35. The molecule has 21 heavy (non-hydrogen) atoms. The standard InChI is InChI=1S/C18H28N2O/c1-2-11-21-17-7-4-10-20(14-17)13-16-6-3-5-15-12-19-9-8-18(15)16/h3,5-6,17,19H,2,4,7-14H2,1H3. The van der Waals surface area contributed by atoms with Gasteiger partial charge in [0.05, 0.1) is 6.10 Å². The van der Waals surface area contributed by atoms with Gasteiger partial charge in [-0.15, -0.1) is 0 Å². The lowest BCUT2D eigenvalue weighted by atomic mass is 9.94. The molecule has 1 atom stereocenters. The Kier molecular flexibility index (Phi) is 5.28. The highest BCUT2D eigenvalue weighted by Gasteiger charge is 2.21. The molecular formula is C18H28N2O. The van der Waals surface area contributed by atoms with Crippen LogP contribution in [0, 0.1) is 0 Å². The van der Waals surface area contributed by atoms with E-state index in [2.05, 4.69) is 35.3 Å². The first-order valence-corrected chi connectivity index (χ1v) is 8.51. The van der Waals surface area contributed by atoms with Crippen LogP contribution in [-0.2, 0) is 24.2 Å². The van der Waals surface area contributed by atoms with E-state index in [1.807, 2.05) is 0 Å². The molecule has 1 aromatic rings. The number of fused-ring (bicyclic) bond motifs is 1. The lowest BCUT2D eigenvalue weighted by Crippen LogP contribution is -2.39. The molecule has 0 amide bonds. The number of likely N-dealkylation sites (tertiary alicyclic amines) is 1. The first kappa shape index (κ1) is 15.0. The quantitative estimate of drug-likeness (QED) is 0.901. The summed E-state index contributed by atoms with van der Waals surface area (Å²) in [6.45, 7) is 8.65. The molecule has 3 nitrogen and oxygen atoms in total. The Morgan fingerprint density at radius 2 is 2.33 bits per heavy atom. The molecule has 2 aliphatic heterocycles. The van der Waals surface area contributed by atoms with Gasteiger partial charge < -0.3 is 10.1 Å². The summed E-state index contributed by atoms with van der Waals surface area (Å²) in [4.78, 5) is 2.58. The monoisotopic (exact) mass is 288 g/mol. The summed E-state index contributed by atoms with van der Waals surface area (Å²) < 4.78 is 5.96. The molecule has 1 N–H and O–H groups in total. The smallest absolute Gasteiger partial charge is 0.0702 e. The zero-order chi connectivity index (χ0) is 14.5. The van der Waals surface area contributed by atoms with E-state index in [1.165, 1.54) is 36.9 Å². The van der Waals surface area contributed by atoms with Crippen molar-refractivity contribution in [1.82, 2.24) is 10.2 Å². The van der Waals surface area contributed by atoms with Crippen molar-refractivity contribution in [2.45, 2.75) is 51.8 Å². The van der Waals surface area contributed by atoms with Gasteiger partial charge in [-0.25, -0.2) is 0 Å². The first-order chi connectivity index (χ1) is 10.4. The summed E-state index contributed by atoms with van der Waals surface area (Å²) in [5.41, 5.74) is 4.62. The SMILES string of the molecule is CCCOC1CCCN(Cc2cccc3c2CCNC3)C1.